The van der Waals surface area contributed by atoms with Crippen molar-refractivity contribution >= 4 is 17.7 Å². The van der Waals surface area contributed by atoms with Gasteiger partial charge in [0, 0.05) is 6.54 Å². The van der Waals surface area contributed by atoms with Crippen LogP contribution in [0.5, 0.6) is 11.5 Å². The van der Waals surface area contributed by atoms with Gasteiger partial charge in [0.05, 0.1) is 35.0 Å². The smallest absolute Gasteiger partial charge is 0.166 e. The highest BCUT2D eigenvalue weighted by Gasteiger charge is 2.28. The van der Waals surface area contributed by atoms with Crippen LogP contribution in [0.4, 0.5) is 15.8 Å². The number of nitrogens with one attached hydrogen (secondary N) is 1. The molecule has 0 fully saturated rings. The molecule has 4 rings (SSSR count). The molecule has 2 N–H and O–H groups in total. The fourth-order valence-corrected chi connectivity index (χ4v) is 3.78. The highest BCUT2D eigenvalue weighted by Crippen LogP contribution is 2.42. The van der Waals surface area contributed by atoms with E-state index in [-0.39, 0.29) is 5.75 Å². The quantitative estimate of drug-likeness (QED) is 0.575. The largest absolute Gasteiger partial charge is 0.452 e. The molecule has 6 nitrogen and oxygen atoms in total. The zero-order valence-corrected chi connectivity index (χ0v) is 18.1. The minimum atomic E-state index is -1.07. The monoisotopic (exact) mass is 423 g/mol. The fraction of sp³-hybridized carbons (Fsp3) is 0.292. The molecule has 7 heteroatoms. The van der Waals surface area contributed by atoms with Crippen molar-refractivity contribution in [2.45, 2.75) is 32.9 Å². The van der Waals surface area contributed by atoms with Crippen molar-refractivity contribution in [2.75, 3.05) is 18.6 Å². The number of carbonyl (C=O) groups is 1. The second-order valence-electron chi connectivity index (χ2n) is 8.57. The van der Waals surface area contributed by atoms with Gasteiger partial charge in [-0.1, -0.05) is 12.1 Å². The summed E-state index contributed by atoms with van der Waals surface area (Å²) in [6, 6.07) is 12.0. The molecule has 2 heterocycles. The van der Waals surface area contributed by atoms with Crippen LogP contribution in [0.1, 0.15) is 41.2 Å². The number of benzene rings is 2. The zero-order chi connectivity index (χ0) is 22.3. The average Bonchev–Trinajstić information content (AvgIpc) is 3.12. The molecule has 0 saturated heterocycles. The van der Waals surface area contributed by atoms with E-state index in [9.17, 15) is 14.3 Å². The lowest BCUT2D eigenvalue weighted by Gasteiger charge is -2.36. The third-order valence-electron chi connectivity index (χ3n) is 5.39. The maximum Gasteiger partial charge on any atom is 0.166 e. The molecule has 1 aliphatic heterocycles. The Bertz CT molecular complexity index is 1130. The molecule has 1 aliphatic rings. The number of aliphatic hydroxyl groups is 1. The van der Waals surface area contributed by atoms with Crippen LogP contribution in [0.25, 0.3) is 0 Å². The van der Waals surface area contributed by atoms with Crippen molar-refractivity contribution in [1.29, 1.82) is 0 Å². The van der Waals surface area contributed by atoms with Gasteiger partial charge in [0.2, 0.25) is 0 Å². The summed E-state index contributed by atoms with van der Waals surface area (Å²) in [4.78, 5) is 18.6. The molecular weight excluding hydrogens is 397 g/mol. The fourth-order valence-electron chi connectivity index (χ4n) is 3.78. The third-order valence-corrected chi connectivity index (χ3v) is 5.39. The Morgan fingerprint density at radius 2 is 1.87 bits per heavy atom. The molecule has 3 aromatic rings. The highest BCUT2D eigenvalue weighted by molar-refractivity contribution is 5.80. The van der Waals surface area contributed by atoms with E-state index in [1.54, 1.807) is 44.2 Å². The number of aryl methyl sites for hydroxylation is 1. The first-order valence-corrected chi connectivity index (χ1v) is 10.1. The summed E-state index contributed by atoms with van der Waals surface area (Å²) >= 11 is 0. The minimum Gasteiger partial charge on any atom is -0.452 e. The van der Waals surface area contributed by atoms with Crippen LogP contribution in [0.15, 0.2) is 42.5 Å². The van der Waals surface area contributed by atoms with Crippen molar-refractivity contribution < 1.29 is 19.0 Å². The number of hydrogen-bond donors (Lipinski definition) is 2. The van der Waals surface area contributed by atoms with Gasteiger partial charge in [0.1, 0.15) is 0 Å². The number of aldehydes is 1. The predicted molar refractivity (Wildman–Crippen MR) is 118 cm³/mol. The number of halogens is 1. The average molecular weight is 423 g/mol. The van der Waals surface area contributed by atoms with Crippen molar-refractivity contribution in [3.8, 4) is 11.5 Å². The molecule has 2 aromatic carbocycles. The van der Waals surface area contributed by atoms with Crippen LogP contribution in [0.2, 0.25) is 0 Å². The number of fused-ring (bicyclic) bond motifs is 1. The van der Waals surface area contributed by atoms with E-state index in [4.69, 9.17) is 4.74 Å². The number of ether oxygens (including phenoxy) is 1. The lowest BCUT2D eigenvalue weighted by atomic mass is 9.97. The standard InChI is InChI=1S/C24H26FN3O3/c1-15-5-7-22(18(25)9-15)31-23-8-6-16(24(2,3)30)10-21(23)28-14-27(4)12-19-20(28)11-17(13-29)26-19/h5-11,13,26,30H,12,14H2,1-4H3. The molecule has 0 unspecified atom stereocenters. The Balaban J connectivity index is 1.85. The van der Waals surface area contributed by atoms with Crippen LogP contribution in [-0.4, -0.2) is 35.0 Å². The number of aromatic nitrogens is 1. The lowest BCUT2D eigenvalue weighted by Crippen LogP contribution is -2.37. The normalized spacial score (nSPS) is 14.5. The molecule has 162 valence electrons. The highest BCUT2D eigenvalue weighted by atomic mass is 19.1. The summed E-state index contributed by atoms with van der Waals surface area (Å²) in [5, 5.41) is 10.6. The van der Waals surface area contributed by atoms with Crippen molar-refractivity contribution in [3.05, 3.63) is 70.8 Å². The number of aromatic amines is 1. The Labute approximate surface area is 180 Å². The van der Waals surface area contributed by atoms with Crippen LogP contribution in [0, 0.1) is 12.7 Å². The molecule has 0 bridgehead atoms. The maximum absolute atomic E-state index is 14.5. The summed E-state index contributed by atoms with van der Waals surface area (Å²) < 4.78 is 20.5. The molecule has 0 saturated carbocycles. The summed E-state index contributed by atoms with van der Waals surface area (Å²) in [6.45, 7) is 6.43. The van der Waals surface area contributed by atoms with Crippen molar-refractivity contribution in [2.24, 2.45) is 0 Å². The summed E-state index contributed by atoms with van der Waals surface area (Å²) in [5.74, 6) is 0.126. The maximum atomic E-state index is 14.5. The number of H-pyrrole nitrogens is 1. The third kappa shape index (κ3) is 4.19. The first-order valence-electron chi connectivity index (χ1n) is 10.1. The van der Waals surface area contributed by atoms with Gasteiger partial charge >= 0.3 is 0 Å². The number of rotatable bonds is 5. The zero-order valence-electron chi connectivity index (χ0n) is 18.1. The Morgan fingerprint density at radius 3 is 2.55 bits per heavy atom. The van der Waals surface area contributed by atoms with Gasteiger partial charge in [-0.2, -0.15) is 0 Å². The predicted octanol–water partition coefficient (Wildman–Crippen LogP) is 4.84. The van der Waals surface area contributed by atoms with Crippen molar-refractivity contribution in [3.63, 3.8) is 0 Å². The first kappa shape index (κ1) is 21.1. The molecule has 1 aromatic heterocycles. The van der Waals surface area contributed by atoms with E-state index in [1.165, 1.54) is 6.07 Å². The van der Waals surface area contributed by atoms with Crippen LogP contribution in [-0.2, 0) is 12.1 Å². The molecule has 31 heavy (non-hydrogen) atoms. The van der Waals surface area contributed by atoms with Gasteiger partial charge in [-0.25, -0.2) is 4.39 Å². The molecule has 0 aliphatic carbocycles. The van der Waals surface area contributed by atoms with Crippen LogP contribution < -0.4 is 9.64 Å². The molecule has 0 radical (unpaired) electrons. The van der Waals surface area contributed by atoms with E-state index in [1.807, 2.05) is 24.9 Å². The number of anilines is 2. The topological polar surface area (TPSA) is 68.8 Å². The van der Waals surface area contributed by atoms with Gasteiger partial charge in [-0.05, 0) is 69.3 Å². The SMILES string of the molecule is Cc1ccc(Oc2ccc(C(C)(C)O)cc2N2CN(C)Cc3[nH]c(C=O)cc32)c(F)c1. The number of hydrogen-bond acceptors (Lipinski definition) is 5. The summed E-state index contributed by atoms with van der Waals surface area (Å²) in [7, 11) is 1.97. The van der Waals surface area contributed by atoms with Crippen molar-refractivity contribution in [1.82, 2.24) is 9.88 Å². The van der Waals surface area contributed by atoms with Crippen LogP contribution >= 0.6 is 0 Å². The van der Waals surface area contributed by atoms with Gasteiger partial charge in [0.25, 0.3) is 0 Å². The molecular formula is C24H26FN3O3. The summed E-state index contributed by atoms with van der Waals surface area (Å²) in [6.07, 6.45) is 0.781. The Hall–Kier alpha value is -3.16. The van der Waals surface area contributed by atoms with Crippen LogP contribution in [0.3, 0.4) is 0 Å². The summed E-state index contributed by atoms with van der Waals surface area (Å²) in [5.41, 5.74) is 3.33. The number of nitrogens with zero attached hydrogens (tertiary/aromatic N) is 2. The van der Waals surface area contributed by atoms with E-state index >= 15 is 0 Å². The first-order chi connectivity index (χ1) is 14.7. The second kappa shape index (κ2) is 7.83. The number of carbonyl (C=O) groups excluding carboxylic acids is 1. The van der Waals surface area contributed by atoms with Gasteiger partial charge < -0.3 is 19.7 Å². The van der Waals surface area contributed by atoms with E-state index in [0.717, 1.165) is 23.2 Å². The van der Waals surface area contributed by atoms with E-state index in [2.05, 4.69) is 9.88 Å². The molecule has 0 atom stereocenters. The molecule has 0 spiro atoms. The Morgan fingerprint density at radius 1 is 1.13 bits per heavy atom. The Kier molecular flexibility index (Phi) is 5.33. The second-order valence-corrected chi connectivity index (χ2v) is 8.57. The minimum absolute atomic E-state index is 0.121. The van der Waals surface area contributed by atoms with E-state index < -0.39 is 11.4 Å². The van der Waals surface area contributed by atoms with Gasteiger partial charge in [0.15, 0.2) is 23.6 Å². The van der Waals surface area contributed by atoms with Gasteiger partial charge in [-0.15, -0.1) is 0 Å². The lowest BCUT2D eigenvalue weighted by molar-refractivity contribution is 0.0786. The molecule has 0 amide bonds. The van der Waals surface area contributed by atoms with Gasteiger partial charge in [-0.3, -0.25) is 9.69 Å². The van der Waals surface area contributed by atoms with E-state index in [0.29, 0.717) is 35.9 Å².